The Hall–Kier alpha value is -2.06. The van der Waals surface area contributed by atoms with Crippen LogP contribution in [0.25, 0.3) is 9.88 Å². The Labute approximate surface area is 141 Å². The van der Waals surface area contributed by atoms with Crippen LogP contribution in [0.2, 0.25) is 0 Å². The van der Waals surface area contributed by atoms with E-state index in [0.717, 1.165) is 15.6 Å². The molecule has 0 spiro atoms. The van der Waals surface area contributed by atoms with E-state index in [1.807, 2.05) is 36.7 Å². The average Bonchev–Trinajstić information content (AvgIpc) is 3.25. The van der Waals surface area contributed by atoms with Gasteiger partial charge in [-0.05, 0) is 32.2 Å². The molecule has 3 aromatic heterocycles. The van der Waals surface area contributed by atoms with E-state index >= 15 is 0 Å². The largest absolute Gasteiger partial charge is 0.346 e. The van der Waals surface area contributed by atoms with Gasteiger partial charge < -0.3 is 9.84 Å². The standard InChI is InChI=1S/C15H16N4O2S2/c1-9-17-12(21-19-9)7-16-14(20)15(2,3)11-8-23-13(18-11)10-5-4-6-22-10/h4-6,8H,7H2,1-3H3,(H,16,20). The number of nitrogens with one attached hydrogen (secondary N) is 1. The monoisotopic (exact) mass is 348 g/mol. The maximum atomic E-state index is 12.5. The first-order valence-electron chi connectivity index (χ1n) is 7.04. The van der Waals surface area contributed by atoms with Crippen molar-refractivity contribution in [3.63, 3.8) is 0 Å². The van der Waals surface area contributed by atoms with Crippen LogP contribution in [0.4, 0.5) is 0 Å². The SMILES string of the molecule is Cc1noc(CNC(=O)C(C)(C)c2csc(-c3cccs3)n2)n1. The minimum Gasteiger partial charge on any atom is -0.346 e. The van der Waals surface area contributed by atoms with Gasteiger partial charge in [-0.25, -0.2) is 4.98 Å². The second kappa shape index (κ2) is 6.21. The van der Waals surface area contributed by atoms with Crippen molar-refractivity contribution in [2.24, 2.45) is 0 Å². The molecule has 0 saturated heterocycles. The molecule has 0 aliphatic carbocycles. The molecular weight excluding hydrogens is 332 g/mol. The Morgan fingerprint density at radius 3 is 2.83 bits per heavy atom. The number of thiazole rings is 1. The van der Waals surface area contributed by atoms with E-state index in [-0.39, 0.29) is 12.5 Å². The number of aryl methyl sites for hydroxylation is 1. The predicted molar refractivity (Wildman–Crippen MR) is 89.3 cm³/mol. The molecule has 0 aromatic carbocycles. The molecule has 6 nitrogen and oxygen atoms in total. The molecule has 23 heavy (non-hydrogen) atoms. The van der Waals surface area contributed by atoms with Crippen molar-refractivity contribution in [3.8, 4) is 9.88 Å². The van der Waals surface area contributed by atoms with Crippen LogP contribution in [0.5, 0.6) is 0 Å². The van der Waals surface area contributed by atoms with Crippen LogP contribution in [0.15, 0.2) is 27.4 Å². The Morgan fingerprint density at radius 1 is 1.35 bits per heavy atom. The molecule has 3 heterocycles. The summed E-state index contributed by atoms with van der Waals surface area (Å²) in [7, 11) is 0. The molecule has 1 N–H and O–H groups in total. The van der Waals surface area contributed by atoms with E-state index in [2.05, 4.69) is 20.4 Å². The van der Waals surface area contributed by atoms with Crippen molar-refractivity contribution >= 4 is 28.6 Å². The zero-order valence-corrected chi connectivity index (χ0v) is 14.6. The van der Waals surface area contributed by atoms with Gasteiger partial charge in [0.1, 0.15) is 5.01 Å². The number of thiophene rings is 1. The summed E-state index contributed by atoms with van der Waals surface area (Å²) >= 11 is 3.19. The van der Waals surface area contributed by atoms with Crippen molar-refractivity contribution in [1.82, 2.24) is 20.4 Å². The van der Waals surface area contributed by atoms with E-state index in [1.54, 1.807) is 29.6 Å². The molecule has 0 bridgehead atoms. The van der Waals surface area contributed by atoms with Gasteiger partial charge in [-0.3, -0.25) is 4.79 Å². The van der Waals surface area contributed by atoms with Crippen molar-refractivity contribution in [2.45, 2.75) is 32.7 Å². The van der Waals surface area contributed by atoms with E-state index in [1.165, 1.54) is 0 Å². The number of carbonyl (C=O) groups is 1. The Morgan fingerprint density at radius 2 is 2.17 bits per heavy atom. The molecule has 0 unspecified atom stereocenters. The fourth-order valence-corrected chi connectivity index (χ4v) is 3.78. The summed E-state index contributed by atoms with van der Waals surface area (Å²) in [6.45, 7) is 5.66. The van der Waals surface area contributed by atoms with Crippen LogP contribution in [-0.4, -0.2) is 21.0 Å². The molecule has 3 aromatic rings. The number of rotatable bonds is 5. The van der Waals surface area contributed by atoms with Gasteiger partial charge in [-0.1, -0.05) is 11.2 Å². The number of hydrogen-bond acceptors (Lipinski definition) is 7. The van der Waals surface area contributed by atoms with Crippen LogP contribution in [0, 0.1) is 6.92 Å². The molecule has 0 aliphatic rings. The molecular formula is C15H16N4O2S2. The Kier molecular flexibility index (Phi) is 4.27. The normalized spacial score (nSPS) is 11.6. The van der Waals surface area contributed by atoms with E-state index < -0.39 is 5.41 Å². The molecule has 8 heteroatoms. The molecule has 3 rings (SSSR count). The van der Waals surface area contributed by atoms with E-state index in [0.29, 0.717) is 11.7 Å². The lowest BCUT2D eigenvalue weighted by atomic mass is 9.89. The second-order valence-electron chi connectivity index (χ2n) is 5.56. The second-order valence-corrected chi connectivity index (χ2v) is 7.36. The highest BCUT2D eigenvalue weighted by atomic mass is 32.1. The number of carbonyl (C=O) groups excluding carboxylic acids is 1. The van der Waals surface area contributed by atoms with Crippen molar-refractivity contribution in [2.75, 3.05) is 0 Å². The fraction of sp³-hybridized carbons (Fsp3) is 0.333. The third kappa shape index (κ3) is 3.32. The Balaban J connectivity index is 1.71. The third-order valence-electron chi connectivity index (χ3n) is 3.41. The van der Waals surface area contributed by atoms with Gasteiger partial charge in [0.25, 0.3) is 0 Å². The van der Waals surface area contributed by atoms with Crippen molar-refractivity contribution in [3.05, 3.63) is 40.3 Å². The van der Waals surface area contributed by atoms with E-state index in [4.69, 9.17) is 4.52 Å². The van der Waals surface area contributed by atoms with Gasteiger partial charge in [0.05, 0.1) is 22.5 Å². The van der Waals surface area contributed by atoms with Gasteiger partial charge in [-0.2, -0.15) is 4.98 Å². The molecule has 0 radical (unpaired) electrons. The molecule has 0 fully saturated rings. The number of aromatic nitrogens is 3. The zero-order valence-electron chi connectivity index (χ0n) is 13.0. The van der Waals surface area contributed by atoms with Gasteiger partial charge in [-0.15, -0.1) is 22.7 Å². The molecule has 0 saturated carbocycles. The summed E-state index contributed by atoms with van der Waals surface area (Å²) in [5.41, 5.74) is 0.0197. The van der Waals surface area contributed by atoms with Crippen LogP contribution in [-0.2, 0) is 16.8 Å². The summed E-state index contributed by atoms with van der Waals surface area (Å²) in [6, 6.07) is 4.02. The minimum atomic E-state index is -0.735. The summed E-state index contributed by atoms with van der Waals surface area (Å²) in [5.74, 6) is 0.814. The molecule has 0 aliphatic heterocycles. The maximum Gasteiger partial charge on any atom is 0.246 e. The predicted octanol–water partition coefficient (Wildman–Crippen LogP) is 3.16. The third-order valence-corrected chi connectivity index (χ3v) is 5.30. The lowest BCUT2D eigenvalue weighted by Crippen LogP contribution is -2.40. The van der Waals surface area contributed by atoms with Gasteiger partial charge in [0, 0.05) is 5.38 Å². The van der Waals surface area contributed by atoms with Gasteiger partial charge in [0.2, 0.25) is 11.8 Å². The van der Waals surface area contributed by atoms with Crippen molar-refractivity contribution < 1.29 is 9.32 Å². The minimum absolute atomic E-state index is 0.128. The first-order chi connectivity index (χ1) is 11.0. The quantitative estimate of drug-likeness (QED) is 0.766. The van der Waals surface area contributed by atoms with Crippen LogP contribution in [0.3, 0.4) is 0 Å². The highest BCUT2D eigenvalue weighted by Crippen LogP contribution is 2.32. The van der Waals surface area contributed by atoms with Gasteiger partial charge >= 0.3 is 0 Å². The smallest absolute Gasteiger partial charge is 0.246 e. The van der Waals surface area contributed by atoms with Crippen LogP contribution < -0.4 is 5.32 Å². The fourth-order valence-electron chi connectivity index (χ4n) is 1.98. The zero-order chi connectivity index (χ0) is 16.4. The summed E-state index contributed by atoms with van der Waals surface area (Å²) in [5, 5.41) is 11.4. The molecule has 120 valence electrons. The topological polar surface area (TPSA) is 80.9 Å². The summed E-state index contributed by atoms with van der Waals surface area (Å²) in [4.78, 5) is 22.3. The van der Waals surface area contributed by atoms with Crippen LogP contribution in [0.1, 0.15) is 31.3 Å². The highest BCUT2D eigenvalue weighted by Gasteiger charge is 2.32. The number of amides is 1. The highest BCUT2D eigenvalue weighted by molar-refractivity contribution is 7.20. The maximum absolute atomic E-state index is 12.5. The number of hydrogen-bond donors (Lipinski definition) is 1. The first kappa shape index (κ1) is 15.8. The van der Waals surface area contributed by atoms with Crippen LogP contribution >= 0.6 is 22.7 Å². The lowest BCUT2D eigenvalue weighted by molar-refractivity contribution is -0.126. The van der Waals surface area contributed by atoms with Crippen molar-refractivity contribution in [1.29, 1.82) is 0 Å². The lowest BCUT2D eigenvalue weighted by Gasteiger charge is -2.20. The van der Waals surface area contributed by atoms with Gasteiger partial charge in [0.15, 0.2) is 5.82 Å². The molecule has 1 amide bonds. The van der Waals surface area contributed by atoms with E-state index in [9.17, 15) is 4.79 Å². The Bertz CT molecular complexity index is 805. The first-order valence-corrected chi connectivity index (χ1v) is 8.80. The summed E-state index contributed by atoms with van der Waals surface area (Å²) in [6.07, 6.45) is 0. The number of nitrogens with zero attached hydrogens (tertiary/aromatic N) is 3. The summed E-state index contributed by atoms with van der Waals surface area (Å²) < 4.78 is 5.00. The molecule has 0 atom stereocenters. The average molecular weight is 348 g/mol.